The van der Waals surface area contributed by atoms with Gasteiger partial charge in [0.15, 0.2) is 0 Å². The molecule has 0 bridgehead atoms. The van der Waals surface area contributed by atoms with Crippen LogP contribution in [0.15, 0.2) is 27.9 Å². The normalized spacial score (nSPS) is 10.8. The van der Waals surface area contributed by atoms with Crippen molar-refractivity contribution in [3.8, 4) is 0 Å². The van der Waals surface area contributed by atoms with Crippen LogP contribution in [0.1, 0.15) is 29.2 Å². The smallest absolute Gasteiger partial charge is 0.295 e. The zero-order valence-electron chi connectivity index (χ0n) is 10.5. The fraction of sp³-hybridized carbons (Fsp3) is 0.385. The van der Waals surface area contributed by atoms with E-state index in [1.807, 2.05) is 13.0 Å². The van der Waals surface area contributed by atoms with Crippen LogP contribution in [-0.4, -0.2) is 9.55 Å². The van der Waals surface area contributed by atoms with Gasteiger partial charge in [-0.1, -0.05) is 13.8 Å². The number of nitrogens with one attached hydrogen (secondary N) is 1. The average molecular weight is 264 g/mol. The summed E-state index contributed by atoms with van der Waals surface area (Å²) in [5.74, 6) is 0. The molecule has 0 unspecified atom stereocenters. The molecule has 5 heteroatoms. The van der Waals surface area contributed by atoms with E-state index >= 15 is 0 Å². The molecule has 0 atom stereocenters. The van der Waals surface area contributed by atoms with E-state index in [9.17, 15) is 9.59 Å². The van der Waals surface area contributed by atoms with Crippen molar-refractivity contribution < 1.29 is 0 Å². The lowest BCUT2D eigenvalue weighted by Gasteiger charge is -2.04. The van der Waals surface area contributed by atoms with Gasteiger partial charge < -0.3 is 0 Å². The van der Waals surface area contributed by atoms with Crippen LogP contribution in [0, 0.1) is 0 Å². The molecular weight excluding hydrogens is 248 g/mol. The monoisotopic (exact) mass is 264 g/mol. The first kappa shape index (κ1) is 12.8. The topological polar surface area (TPSA) is 54.9 Å². The van der Waals surface area contributed by atoms with Gasteiger partial charge in [0.25, 0.3) is 5.56 Å². The highest BCUT2D eigenvalue weighted by molar-refractivity contribution is 7.11. The molecule has 0 fully saturated rings. The Hall–Kier alpha value is -1.62. The van der Waals surface area contributed by atoms with Gasteiger partial charge in [-0.05, 0) is 25.0 Å². The third-order valence-electron chi connectivity index (χ3n) is 2.86. The molecule has 2 heterocycles. The fourth-order valence-electron chi connectivity index (χ4n) is 1.79. The fourth-order valence-corrected chi connectivity index (χ4v) is 2.75. The van der Waals surface area contributed by atoms with Crippen LogP contribution >= 0.6 is 11.3 Å². The predicted octanol–water partition coefficient (Wildman–Crippen LogP) is 1.77. The van der Waals surface area contributed by atoms with Gasteiger partial charge in [-0.25, -0.2) is 4.79 Å². The summed E-state index contributed by atoms with van der Waals surface area (Å²) in [6, 6.07) is 4.12. The van der Waals surface area contributed by atoms with Crippen LogP contribution in [0.4, 0.5) is 0 Å². The molecule has 2 aromatic heterocycles. The summed E-state index contributed by atoms with van der Waals surface area (Å²) in [6.07, 6.45) is 3.29. The van der Waals surface area contributed by atoms with Crippen LogP contribution in [0.25, 0.3) is 0 Å². The average Bonchev–Trinajstić information content (AvgIpc) is 2.80. The number of nitrogens with zero attached hydrogens (tertiary/aromatic N) is 1. The Balaban J connectivity index is 2.34. The van der Waals surface area contributed by atoms with Crippen molar-refractivity contribution in [1.29, 1.82) is 0 Å². The third-order valence-corrected chi connectivity index (χ3v) is 4.07. The van der Waals surface area contributed by atoms with Crippen molar-refractivity contribution in [2.75, 3.05) is 0 Å². The van der Waals surface area contributed by atoms with Crippen LogP contribution < -0.4 is 11.2 Å². The Labute approximate surface area is 109 Å². The molecule has 0 amide bonds. The number of aromatic amines is 1. The van der Waals surface area contributed by atoms with E-state index in [-0.39, 0.29) is 11.2 Å². The Morgan fingerprint density at radius 1 is 1.17 bits per heavy atom. The predicted molar refractivity (Wildman–Crippen MR) is 73.5 cm³/mol. The van der Waals surface area contributed by atoms with Crippen LogP contribution in [0.3, 0.4) is 0 Å². The molecule has 0 saturated carbocycles. The Morgan fingerprint density at radius 2 is 1.89 bits per heavy atom. The van der Waals surface area contributed by atoms with Gasteiger partial charge in [0, 0.05) is 21.5 Å². The molecule has 2 rings (SSSR count). The summed E-state index contributed by atoms with van der Waals surface area (Å²) in [5, 5.41) is 0. The molecule has 0 spiro atoms. The van der Waals surface area contributed by atoms with Gasteiger partial charge in [0.05, 0.1) is 6.54 Å². The van der Waals surface area contributed by atoms with Gasteiger partial charge in [-0.2, -0.15) is 0 Å². The molecule has 18 heavy (non-hydrogen) atoms. The molecule has 0 aliphatic rings. The van der Waals surface area contributed by atoms with Crippen molar-refractivity contribution in [1.82, 2.24) is 9.55 Å². The van der Waals surface area contributed by atoms with Crippen molar-refractivity contribution in [3.05, 3.63) is 54.5 Å². The lowest BCUT2D eigenvalue weighted by Crippen LogP contribution is -2.31. The summed E-state index contributed by atoms with van der Waals surface area (Å²) in [6.45, 7) is 4.53. The van der Waals surface area contributed by atoms with Gasteiger partial charge in [0.2, 0.25) is 0 Å². The van der Waals surface area contributed by atoms with E-state index in [1.165, 1.54) is 4.88 Å². The summed E-state index contributed by atoms with van der Waals surface area (Å²) < 4.78 is 1.56. The van der Waals surface area contributed by atoms with Gasteiger partial charge in [0.1, 0.15) is 0 Å². The van der Waals surface area contributed by atoms with Crippen molar-refractivity contribution >= 4 is 11.3 Å². The van der Waals surface area contributed by atoms with Crippen LogP contribution in [0.2, 0.25) is 0 Å². The van der Waals surface area contributed by atoms with Crippen molar-refractivity contribution in [2.24, 2.45) is 0 Å². The van der Waals surface area contributed by atoms with E-state index in [0.29, 0.717) is 18.5 Å². The molecular formula is C13H16N2O2S. The molecule has 2 aromatic rings. The minimum absolute atomic E-state index is 0.279. The Bertz CT molecular complexity index is 651. The second-order valence-corrected chi connectivity index (χ2v) is 5.37. The standard InChI is InChI=1S/C13H16N2O2S/c1-3-9-7-15(13(17)14-12(9)16)8-11-6-5-10(4-2)18-11/h5-7H,3-4,8H2,1-2H3,(H,14,16,17). The maximum atomic E-state index is 11.7. The van der Waals surface area contributed by atoms with Crippen molar-refractivity contribution in [2.45, 2.75) is 33.2 Å². The number of thiophene rings is 1. The summed E-state index contributed by atoms with van der Waals surface area (Å²) in [5.41, 5.74) is 0.0182. The van der Waals surface area contributed by atoms with Crippen molar-refractivity contribution in [3.63, 3.8) is 0 Å². The van der Waals surface area contributed by atoms with Gasteiger partial charge in [-0.15, -0.1) is 11.3 Å². The molecule has 0 aliphatic heterocycles. The van der Waals surface area contributed by atoms with Crippen LogP contribution in [0.5, 0.6) is 0 Å². The van der Waals surface area contributed by atoms with Gasteiger partial charge >= 0.3 is 5.69 Å². The lowest BCUT2D eigenvalue weighted by atomic mass is 10.2. The van der Waals surface area contributed by atoms with E-state index < -0.39 is 0 Å². The molecule has 96 valence electrons. The number of H-pyrrole nitrogens is 1. The molecule has 4 nitrogen and oxygen atoms in total. The SMILES string of the molecule is CCc1ccc(Cn2cc(CC)c(=O)[nH]c2=O)s1. The summed E-state index contributed by atoms with van der Waals surface area (Å²) in [4.78, 5) is 27.9. The molecule has 0 saturated heterocycles. The second kappa shape index (κ2) is 5.35. The quantitative estimate of drug-likeness (QED) is 0.915. The molecule has 1 N–H and O–H groups in total. The maximum absolute atomic E-state index is 11.7. The molecule has 0 aromatic carbocycles. The highest BCUT2D eigenvalue weighted by atomic mass is 32.1. The summed E-state index contributed by atoms with van der Waals surface area (Å²) in [7, 11) is 0. The first-order valence-corrected chi connectivity index (χ1v) is 6.86. The number of aryl methyl sites for hydroxylation is 2. The lowest BCUT2D eigenvalue weighted by molar-refractivity contribution is 0.715. The first-order valence-electron chi connectivity index (χ1n) is 6.04. The number of aromatic nitrogens is 2. The zero-order chi connectivity index (χ0) is 13.1. The highest BCUT2D eigenvalue weighted by Crippen LogP contribution is 2.17. The van der Waals surface area contributed by atoms with Crippen LogP contribution in [-0.2, 0) is 19.4 Å². The molecule has 0 radical (unpaired) electrons. The Morgan fingerprint density at radius 3 is 2.50 bits per heavy atom. The Kier molecular flexibility index (Phi) is 3.81. The number of rotatable bonds is 4. The minimum Gasteiger partial charge on any atom is -0.295 e. The highest BCUT2D eigenvalue weighted by Gasteiger charge is 2.05. The zero-order valence-corrected chi connectivity index (χ0v) is 11.3. The van der Waals surface area contributed by atoms with E-state index in [4.69, 9.17) is 0 Å². The maximum Gasteiger partial charge on any atom is 0.328 e. The third kappa shape index (κ3) is 2.61. The number of hydrogen-bond acceptors (Lipinski definition) is 3. The van der Waals surface area contributed by atoms with Gasteiger partial charge in [-0.3, -0.25) is 14.3 Å². The van der Waals surface area contributed by atoms with E-state index in [0.717, 1.165) is 11.3 Å². The van der Waals surface area contributed by atoms with E-state index in [2.05, 4.69) is 18.0 Å². The first-order chi connectivity index (χ1) is 8.63. The summed E-state index contributed by atoms with van der Waals surface area (Å²) >= 11 is 1.70. The second-order valence-electron chi connectivity index (χ2n) is 4.12. The minimum atomic E-state index is -0.344. The van der Waals surface area contributed by atoms with E-state index in [1.54, 1.807) is 22.1 Å². The largest absolute Gasteiger partial charge is 0.328 e. The molecule has 0 aliphatic carbocycles. The number of hydrogen-bond donors (Lipinski definition) is 1.